The van der Waals surface area contributed by atoms with E-state index in [0.29, 0.717) is 12.5 Å². The molecule has 0 atom stereocenters. The molecule has 0 fully saturated rings. The molecule has 1 aromatic carbocycles. The molecule has 25 heavy (non-hydrogen) atoms. The molecule has 2 heterocycles. The Bertz CT molecular complexity index is 826. The van der Waals surface area contributed by atoms with Crippen molar-refractivity contribution in [1.29, 1.82) is 0 Å². The lowest BCUT2D eigenvalue weighted by molar-refractivity contribution is 0.842. The number of hydrogen-bond donors (Lipinski definition) is 3. The van der Waals surface area contributed by atoms with Crippen LogP contribution in [0.5, 0.6) is 0 Å². The predicted octanol–water partition coefficient (Wildman–Crippen LogP) is 3.18. The number of aliphatic imine (C=N–C) groups is 1. The molecule has 0 unspecified atom stereocenters. The second-order valence-electron chi connectivity index (χ2n) is 5.88. The highest BCUT2D eigenvalue weighted by Crippen LogP contribution is 2.19. The third-order valence-electron chi connectivity index (χ3n) is 4.00. The fourth-order valence-electron chi connectivity index (χ4n) is 2.73. The normalized spacial score (nSPS) is 11.3. The molecule has 0 aliphatic heterocycles. The number of hydrogen-bond acceptors (Lipinski definition) is 2. The molecule has 3 aromatic rings. The fourth-order valence-corrected chi connectivity index (χ4v) is 2.73. The van der Waals surface area contributed by atoms with Gasteiger partial charge < -0.3 is 16.0 Å². The van der Waals surface area contributed by atoms with Crippen molar-refractivity contribution in [2.45, 2.75) is 19.8 Å². The lowest BCUT2D eigenvalue weighted by Crippen LogP contribution is -2.33. The van der Waals surface area contributed by atoms with Crippen LogP contribution >= 0.6 is 24.0 Å². The van der Waals surface area contributed by atoms with E-state index >= 15 is 0 Å². The van der Waals surface area contributed by atoms with Gasteiger partial charge in [0.25, 0.3) is 0 Å². The average molecular weight is 449 g/mol. The molecule has 4 N–H and O–H groups in total. The first-order valence-electron chi connectivity index (χ1n) is 8.23. The van der Waals surface area contributed by atoms with Gasteiger partial charge in [-0.3, -0.25) is 9.98 Å². The van der Waals surface area contributed by atoms with Gasteiger partial charge >= 0.3 is 0 Å². The molecular formula is C19H24IN5. The lowest BCUT2D eigenvalue weighted by atomic mass is 10.1. The molecule has 0 spiro atoms. The first-order valence-corrected chi connectivity index (χ1v) is 8.23. The van der Waals surface area contributed by atoms with Gasteiger partial charge in [0.15, 0.2) is 5.96 Å². The largest absolute Gasteiger partial charge is 0.370 e. The van der Waals surface area contributed by atoms with Gasteiger partial charge in [-0.1, -0.05) is 18.2 Å². The predicted molar refractivity (Wildman–Crippen MR) is 115 cm³/mol. The summed E-state index contributed by atoms with van der Waals surface area (Å²) in [7, 11) is 0. The zero-order valence-electron chi connectivity index (χ0n) is 14.3. The third-order valence-corrected chi connectivity index (χ3v) is 4.00. The van der Waals surface area contributed by atoms with E-state index in [0.717, 1.165) is 25.1 Å². The number of pyridine rings is 1. The van der Waals surface area contributed by atoms with Crippen LogP contribution < -0.4 is 11.1 Å². The molecule has 5 nitrogen and oxygen atoms in total. The Morgan fingerprint density at radius 3 is 2.92 bits per heavy atom. The van der Waals surface area contributed by atoms with E-state index in [2.05, 4.69) is 51.6 Å². The highest BCUT2D eigenvalue weighted by Gasteiger charge is 2.03. The van der Waals surface area contributed by atoms with Crippen molar-refractivity contribution in [3.8, 4) is 0 Å². The van der Waals surface area contributed by atoms with E-state index in [1.165, 1.54) is 22.0 Å². The number of aromatic nitrogens is 2. The molecule has 0 saturated heterocycles. The van der Waals surface area contributed by atoms with E-state index < -0.39 is 0 Å². The molecular weight excluding hydrogens is 425 g/mol. The SMILES string of the molecule is Cc1ccc2c(CCNC(N)=NCCc3ccccn3)c[nH]c2c1.I. The zero-order chi connectivity index (χ0) is 16.8. The number of halogens is 1. The Labute approximate surface area is 165 Å². The summed E-state index contributed by atoms with van der Waals surface area (Å²) in [6.07, 6.45) is 5.56. The maximum absolute atomic E-state index is 5.92. The monoisotopic (exact) mass is 449 g/mol. The minimum absolute atomic E-state index is 0. The third kappa shape index (κ3) is 5.45. The number of aryl methyl sites for hydroxylation is 1. The topological polar surface area (TPSA) is 79.1 Å². The van der Waals surface area contributed by atoms with Crippen molar-refractivity contribution in [2.24, 2.45) is 10.7 Å². The Balaban J connectivity index is 0.00000225. The van der Waals surface area contributed by atoms with Gasteiger partial charge in [-0.25, -0.2) is 0 Å². The summed E-state index contributed by atoms with van der Waals surface area (Å²) in [5, 5.41) is 4.45. The molecule has 2 aromatic heterocycles. The van der Waals surface area contributed by atoms with Gasteiger partial charge in [0, 0.05) is 48.5 Å². The van der Waals surface area contributed by atoms with E-state index in [1.807, 2.05) is 18.2 Å². The summed E-state index contributed by atoms with van der Waals surface area (Å²) < 4.78 is 0. The quantitative estimate of drug-likeness (QED) is 0.307. The van der Waals surface area contributed by atoms with Gasteiger partial charge in [0.2, 0.25) is 0 Å². The summed E-state index contributed by atoms with van der Waals surface area (Å²) in [4.78, 5) is 11.9. The molecule has 0 aliphatic rings. The minimum atomic E-state index is 0. The van der Waals surface area contributed by atoms with Crippen molar-refractivity contribution in [2.75, 3.05) is 13.1 Å². The Morgan fingerprint density at radius 1 is 1.24 bits per heavy atom. The Morgan fingerprint density at radius 2 is 2.12 bits per heavy atom. The Kier molecular flexibility index (Phi) is 7.24. The first kappa shape index (κ1) is 19.2. The molecule has 0 radical (unpaired) electrons. The summed E-state index contributed by atoms with van der Waals surface area (Å²) in [5.74, 6) is 0.488. The number of fused-ring (bicyclic) bond motifs is 1. The number of rotatable bonds is 6. The summed E-state index contributed by atoms with van der Waals surface area (Å²) in [5.41, 5.74) is 10.7. The van der Waals surface area contributed by atoms with Gasteiger partial charge in [-0.15, -0.1) is 24.0 Å². The molecule has 132 valence electrons. The van der Waals surface area contributed by atoms with Gasteiger partial charge in [-0.05, 0) is 42.7 Å². The van der Waals surface area contributed by atoms with Crippen molar-refractivity contribution < 1.29 is 0 Å². The van der Waals surface area contributed by atoms with Crippen LogP contribution in [0.1, 0.15) is 16.8 Å². The van der Waals surface area contributed by atoms with E-state index in [9.17, 15) is 0 Å². The fraction of sp³-hybridized carbons (Fsp3) is 0.263. The van der Waals surface area contributed by atoms with Gasteiger partial charge in [-0.2, -0.15) is 0 Å². The lowest BCUT2D eigenvalue weighted by Gasteiger charge is -2.05. The average Bonchev–Trinajstić information content (AvgIpc) is 2.98. The highest BCUT2D eigenvalue weighted by atomic mass is 127. The molecule has 0 bridgehead atoms. The van der Waals surface area contributed by atoms with Gasteiger partial charge in [0.05, 0.1) is 0 Å². The minimum Gasteiger partial charge on any atom is -0.370 e. The van der Waals surface area contributed by atoms with Crippen LogP contribution in [-0.4, -0.2) is 29.0 Å². The number of nitrogens with zero attached hydrogens (tertiary/aromatic N) is 2. The van der Waals surface area contributed by atoms with Crippen LogP contribution in [0.4, 0.5) is 0 Å². The molecule has 0 saturated carbocycles. The smallest absolute Gasteiger partial charge is 0.188 e. The molecule has 0 amide bonds. The van der Waals surface area contributed by atoms with Crippen LogP contribution in [0, 0.1) is 6.92 Å². The number of nitrogens with one attached hydrogen (secondary N) is 2. The standard InChI is InChI=1S/C19H23N5.HI/c1-14-5-6-17-15(13-24-18(17)12-14)7-10-22-19(20)23-11-8-16-4-2-3-9-21-16;/h2-6,9,12-13,24H,7-8,10-11H2,1H3,(H3,20,22,23);1H. The van der Waals surface area contributed by atoms with E-state index in [-0.39, 0.29) is 24.0 Å². The number of benzene rings is 1. The second kappa shape index (κ2) is 9.41. The summed E-state index contributed by atoms with van der Waals surface area (Å²) in [6.45, 7) is 3.51. The van der Waals surface area contributed by atoms with Crippen LogP contribution in [0.2, 0.25) is 0 Å². The maximum atomic E-state index is 5.92. The molecule has 6 heteroatoms. The van der Waals surface area contributed by atoms with E-state index in [1.54, 1.807) is 6.20 Å². The summed E-state index contributed by atoms with van der Waals surface area (Å²) >= 11 is 0. The van der Waals surface area contributed by atoms with E-state index in [4.69, 9.17) is 5.73 Å². The van der Waals surface area contributed by atoms with Crippen LogP contribution in [0.25, 0.3) is 10.9 Å². The molecule has 0 aliphatic carbocycles. The van der Waals surface area contributed by atoms with Crippen molar-refractivity contribution >= 4 is 40.8 Å². The van der Waals surface area contributed by atoms with Crippen LogP contribution in [0.15, 0.2) is 53.8 Å². The zero-order valence-corrected chi connectivity index (χ0v) is 16.7. The maximum Gasteiger partial charge on any atom is 0.188 e. The number of aromatic amines is 1. The van der Waals surface area contributed by atoms with Crippen molar-refractivity contribution in [3.05, 3.63) is 65.6 Å². The first-order chi connectivity index (χ1) is 11.7. The summed E-state index contributed by atoms with van der Waals surface area (Å²) in [6, 6.07) is 12.4. The van der Waals surface area contributed by atoms with Crippen molar-refractivity contribution in [1.82, 2.24) is 15.3 Å². The van der Waals surface area contributed by atoms with Crippen molar-refractivity contribution in [3.63, 3.8) is 0 Å². The van der Waals surface area contributed by atoms with Crippen LogP contribution in [0.3, 0.4) is 0 Å². The number of H-pyrrole nitrogens is 1. The van der Waals surface area contributed by atoms with Crippen LogP contribution in [-0.2, 0) is 12.8 Å². The number of guanidine groups is 1. The Hall–Kier alpha value is -2.09. The second-order valence-corrected chi connectivity index (χ2v) is 5.88. The van der Waals surface area contributed by atoms with Gasteiger partial charge in [0.1, 0.15) is 0 Å². The molecule has 3 rings (SSSR count). The highest BCUT2D eigenvalue weighted by molar-refractivity contribution is 14.0. The number of nitrogens with two attached hydrogens (primary N) is 1.